The van der Waals surface area contributed by atoms with E-state index in [1.807, 2.05) is 32.0 Å². The first-order valence-corrected chi connectivity index (χ1v) is 10.2. The van der Waals surface area contributed by atoms with E-state index in [0.29, 0.717) is 16.7 Å². The number of fused-ring (bicyclic) bond motifs is 1. The molecule has 2 heterocycles. The second-order valence-corrected chi connectivity index (χ2v) is 7.69. The normalized spacial score (nSPS) is 12.2. The van der Waals surface area contributed by atoms with Gasteiger partial charge in [0.2, 0.25) is 11.1 Å². The van der Waals surface area contributed by atoms with Gasteiger partial charge in [0.25, 0.3) is 0 Å². The molecule has 1 atom stereocenters. The highest BCUT2D eigenvalue weighted by Gasteiger charge is 2.17. The number of rotatable bonds is 6. The fourth-order valence-electron chi connectivity index (χ4n) is 3.15. The van der Waals surface area contributed by atoms with Crippen LogP contribution in [0.3, 0.4) is 0 Å². The molecule has 2 aromatic heterocycles. The summed E-state index contributed by atoms with van der Waals surface area (Å²) in [6.07, 6.45) is 1.58. The largest absolute Gasteiger partial charge is 0.469 e. The van der Waals surface area contributed by atoms with Crippen LogP contribution in [0.4, 0.5) is 0 Å². The third kappa shape index (κ3) is 3.97. The van der Waals surface area contributed by atoms with Gasteiger partial charge in [-0.15, -0.1) is 10.2 Å². The minimum Gasteiger partial charge on any atom is -0.469 e. The predicted octanol–water partition coefficient (Wildman–Crippen LogP) is 3.68. The number of nitrogens with two attached hydrogens (primary N) is 1. The third-order valence-corrected chi connectivity index (χ3v) is 5.69. The minimum atomic E-state index is -0.104. The number of nitrogens with zero attached hydrogens (tertiary/aromatic N) is 3. The molecule has 2 aromatic carbocycles. The van der Waals surface area contributed by atoms with Crippen molar-refractivity contribution in [2.24, 2.45) is 0 Å². The maximum Gasteiger partial charge on any atom is 0.230 e. The van der Waals surface area contributed by atoms with E-state index in [-0.39, 0.29) is 17.7 Å². The van der Waals surface area contributed by atoms with Crippen molar-refractivity contribution < 1.29 is 9.21 Å². The molecule has 148 valence electrons. The molecule has 0 saturated carbocycles. The van der Waals surface area contributed by atoms with Gasteiger partial charge >= 0.3 is 0 Å². The fraction of sp³-hybridized carbons (Fsp3) is 0.190. The molecule has 1 unspecified atom stereocenters. The molecular formula is C21H21N5O2S. The van der Waals surface area contributed by atoms with Gasteiger partial charge in [-0.2, -0.15) is 0 Å². The van der Waals surface area contributed by atoms with E-state index in [1.54, 1.807) is 12.3 Å². The summed E-state index contributed by atoms with van der Waals surface area (Å²) in [6, 6.07) is 16.0. The van der Waals surface area contributed by atoms with E-state index in [2.05, 4.69) is 39.8 Å². The van der Waals surface area contributed by atoms with E-state index >= 15 is 0 Å². The lowest BCUT2D eigenvalue weighted by Gasteiger charge is -2.15. The number of benzene rings is 2. The molecule has 0 saturated heterocycles. The summed E-state index contributed by atoms with van der Waals surface area (Å²) < 4.78 is 6.66. The van der Waals surface area contributed by atoms with Crippen molar-refractivity contribution in [3.8, 4) is 11.4 Å². The number of thioether (sulfide) groups is 1. The van der Waals surface area contributed by atoms with Crippen molar-refractivity contribution in [2.75, 3.05) is 11.6 Å². The number of carbonyl (C=O) groups excluding carboxylic acids is 1. The van der Waals surface area contributed by atoms with Crippen molar-refractivity contribution in [3.63, 3.8) is 0 Å². The number of aryl methyl sites for hydroxylation is 1. The van der Waals surface area contributed by atoms with Gasteiger partial charge in [-0.3, -0.25) is 4.79 Å². The smallest absolute Gasteiger partial charge is 0.230 e. The number of amides is 1. The summed E-state index contributed by atoms with van der Waals surface area (Å²) in [7, 11) is 0. The summed E-state index contributed by atoms with van der Waals surface area (Å²) in [4.78, 5) is 12.4. The summed E-state index contributed by atoms with van der Waals surface area (Å²) in [5.74, 6) is 7.40. The number of nitrogens with one attached hydrogen (secondary N) is 1. The second kappa shape index (κ2) is 8.00. The standard InChI is InChI=1S/C21H21N5O2S/c1-13(16-8-7-15-5-3-4-6-17(15)11-16)23-19(27)12-29-21-25-24-20(26(21)22)18-9-10-28-14(18)2/h3-11,13H,12,22H2,1-2H3,(H,23,27). The zero-order chi connectivity index (χ0) is 20.4. The topological polar surface area (TPSA) is 99.0 Å². The summed E-state index contributed by atoms with van der Waals surface area (Å²) >= 11 is 1.24. The molecule has 4 rings (SSSR count). The first-order chi connectivity index (χ1) is 14.0. The zero-order valence-corrected chi connectivity index (χ0v) is 16.9. The second-order valence-electron chi connectivity index (χ2n) is 6.75. The van der Waals surface area contributed by atoms with Crippen LogP contribution in [0, 0.1) is 6.92 Å². The van der Waals surface area contributed by atoms with Crippen LogP contribution in [-0.4, -0.2) is 26.5 Å². The van der Waals surface area contributed by atoms with Crippen LogP contribution >= 0.6 is 11.8 Å². The monoisotopic (exact) mass is 407 g/mol. The highest BCUT2D eigenvalue weighted by Crippen LogP contribution is 2.25. The van der Waals surface area contributed by atoms with Crippen LogP contribution in [0.5, 0.6) is 0 Å². The molecule has 0 aliphatic carbocycles. The van der Waals surface area contributed by atoms with Gasteiger partial charge in [-0.05, 0) is 42.3 Å². The van der Waals surface area contributed by atoms with Crippen molar-refractivity contribution in [1.82, 2.24) is 20.2 Å². The van der Waals surface area contributed by atoms with Crippen LogP contribution in [0.1, 0.15) is 24.3 Å². The van der Waals surface area contributed by atoms with Crippen LogP contribution in [0.15, 0.2) is 64.4 Å². The van der Waals surface area contributed by atoms with Gasteiger partial charge in [0.05, 0.1) is 23.6 Å². The average molecular weight is 407 g/mol. The molecule has 8 heteroatoms. The van der Waals surface area contributed by atoms with E-state index < -0.39 is 0 Å². The Bertz CT molecular complexity index is 1170. The highest BCUT2D eigenvalue weighted by molar-refractivity contribution is 7.99. The molecule has 29 heavy (non-hydrogen) atoms. The van der Waals surface area contributed by atoms with E-state index in [9.17, 15) is 4.79 Å². The first kappa shape index (κ1) is 19.1. The Morgan fingerprint density at radius 1 is 1.21 bits per heavy atom. The Morgan fingerprint density at radius 2 is 2.00 bits per heavy atom. The minimum absolute atomic E-state index is 0.0975. The summed E-state index contributed by atoms with van der Waals surface area (Å²) in [5, 5.41) is 14.0. The summed E-state index contributed by atoms with van der Waals surface area (Å²) in [6.45, 7) is 3.80. The molecule has 1 amide bonds. The Balaban J connectivity index is 1.38. The number of furan rings is 1. The highest BCUT2D eigenvalue weighted by atomic mass is 32.2. The van der Waals surface area contributed by atoms with E-state index in [4.69, 9.17) is 10.3 Å². The Kier molecular flexibility index (Phi) is 5.26. The molecular weight excluding hydrogens is 386 g/mol. The van der Waals surface area contributed by atoms with Crippen molar-refractivity contribution in [1.29, 1.82) is 0 Å². The number of aromatic nitrogens is 3. The lowest BCUT2D eigenvalue weighted by atomic mass is 10.0. The molecule has 0 spiro atoms. The van der Waals surface area contributed by atoms with Gasteiger partial charge in [0, 0.05) is 0 Å². The quantitative estimate of drug-likeness (QED) is 0.374. The molecule has 4 aromatic rings. The third-order valence-electron chi connectivity index (χ3n) is 4.75. The number of hydrogen-bond donors (Lipinski definition) is 2. The van der Waals surface area contributed by atoms with Gasteiger partial charge < -0.3 is 15.6 Å². The molecule has 0 bridgehead atoms. The maximum absolute atomic E-state index is 12.4. The predicted molar refractivity (Wildman–Crippen MR) is 114 cm³/mol. The first-order valence-electron chi connectivity index (χ1n) is 9.19. The van der Waals surface area contributed by atoms with Crippen molar-refractivity contribution >= 4 is 28.4 Å². The molecule has 0 radical (unpaired) electrons. The SMILES string of the molecule is Cc1occc1-c1nnc(SCC(=O)NC(C)c2ccc3ccccc3c2)n1N. The van der Waals surface area contributed by atoms with Gasteiger partial charge in [-0.1, -0.05) is 48.2 Å². The van der Waals surface area contributed by atoms with E-state index in [0.717, 1.165) is 16.5 Å². The van der Waals surface area contributed by atoms with Crippen LogP contribution in [0.25, 0.3) is 22.2 Å². The molecule has 0 fully saturated rings. The van der Waals surface area contributed by atoms with Gasteiger partial charge in [0.15, 0.2) is 5.82 Å². The molecule has 3 N–H and O–H groups in total. The van der Waals surface area contributed by atoms with Gasteiger partial charge in [-0.25, -0.2) is 4.68 Å². The van der Waals surface area contributed by atoms with Crippen molar-refractivity contribution in [2.45, 2.75) is 25.0 Å². The maximum atomic E-state index is 12.4. The average Bonchev–Trinajstić information content (AvgIpc) is 3.30. The number of carbonyl (C=O) groups is 1. The zero-order valence-electron chi connectivity index (χ0n) is 16.1. The number of hydrogen-bond acceptors (Lipinski definition) is 6. The van der Waals surface area contributed by atoms with E-state index in [1.165, 1.54) is 21.8 Å². The Hall–Kier alpha value is -3.26. The molecule has 0 aliphatic rings. The van der Waals surface area contributed by atoms with Crippen LogP contribution in [0.2, 0.25) is 0 Å². The Morgan fingerprint density at radius 3 is 2.76 bits per heavy atom. The lowest BCUT2D eigenvalue weighted by Crippen LogP contribution is -2.28. The molecule has 7 nitrogen and oxygen atoms in total. The lowest BCUT2D eigenvalue weighted by molar-refractivity contribution is -0.119. The van der Waals surface area contributed by atoms with Crippen LogP contribution in [-0.2, 0) is 4.79 Å². The van der Waals surface area contributed by atoms with Crippen molar-refractivity contribution in [3.05, 3.63) is 66.1 Å². The Labute approximate surface area is 172 Å². The number of nitrogen functional groups attached to an aromatic ring is 1. The summed E-state index contributed by atoms with van der Waals surface area (Å²) in [5.41, 5.74) is 1.84. The van der Waals surface area contributed by atoms with Gasteiger partial charge in [0.1, 0.15) is 5.76 Å². The van der Waals surface area contributed by atoms with Crippen LogP contribution < -0.4 is 11.2 Å². The fourth-order valence-corrected chi connectivity index (χ4v) is 3.82. The molecule has 0 aliphatic heterocycles.